The fourth-order valence-electron chi connectivity index (χ4n) is 2.32. The number of carbonyl (C=O) groups is 1. The van der Waals surface area contributed by atoms with Crippen LogP contribution in [0.2, 0.25) is 0 Å². The van der Waals surface area contributed by atoms with Gasteiger partial charge in [0, 0.05) is 13.7 Å². The number of benzene rings is 1. The Morgan fingerprint density at radius 3 is 2.82 bits per heavy atom. The van der Waals surface area contributed by atoms with Crippen molar-refractivity contribution in [2.24, 2.45) is 0 Å². The lowest BCUT2D eigenvalue weighted by Crippen LogP contribution is -2.22. The van der Waals surface area contributed by atoms with Crippen LogP contribution in [0, 0.1) is 0 Å². The monoisotopic (exact) mass is 335 g/mol. The molecule has 0 N–H and O–H groups in total. The zero-order valence-corrected chi connectivity index (χ0v) is 13.9. The van der Waals surface area contributed by atoms with E-state index in [1.807, 2.05) is 30.3 Å². The number of nitrogens with zero attached hydrogens (tertiary/aromatic N) is 1. The van der Waals surface area contributed by atoms with Gasteiger partial charge in [0.1, 0.15) is 16.7 Å². The van der Waals surface area contributed by atoms with Crippen molar-refractivity contribution in [3.63, 3.8) is 0 Å². The Morgan fingerprint density at radius 1 is 1.45 bits per heavy atom. The van der Waals surface area contributed by atoms with Gasteiger partial charge in [-0.3, -0.25) is 9.69 Å². The van der Waals surface area contributed by atoms with Crippen molar-refractivity contribution in [2.75, 3.05) is 20.3 Å². The first kappa shape index (κ1) is 15.5. The van der Waals surface area contributed by atoms with Gasteiger partial charge >= 0.3 is 0 Å². The molecular formula is C16H17NO3S2. The van der Waals surface area contributed by atoms with Gasteiger partial charge in [0.2, 0.25) is 0 Å². The Hall–Kier alpha value is -1.37. The first-order chi connectivity index (χ1) is 10.6. The molecule has 2 saturated heterocycles. The lowest BCUT2D eigenvalue weighted by Gasteiger charge is -2.11. The summed E-state index contributed by atoms with van der Waals surface area (Å²) in [5.74, 6) is 0.768. The molecule has 1 aromatic rings. The maximum absolute atomic E-state index is 11.9. The minimum absolute atomic E-state index is 0.0475. The highest BCUT2D eigenvalue weighted by Crippen LogP contribution is 2.31. The molecule has 6 heteroatoms. The Morgan fingerprint density at radius 2 is 2.23 bits per heavy atom. The number of hydrogen-bond acceptors (Lipinski definition) is 5. The molecule has 0 saturated carbocycles. The van der Waals surface area contributed by atoms with Crippen LogP contribution in [-0.2, 0) is 9.53 Å². The number of carbonyl (C=O) groups excluding carboxylic acids is 1. The largest absolute Gasteiger partial charge is 0.491 e. The lowest BCUT2D eigenvalue weighted by atomic mass is 10.2. The Labute approximate surface area is 139 Å². The summed E-state index contributed by atoms with van der Waals surface area (Å²) >= 11 is 6.44. The zero-order valence-electron chi connectivity index (χ0n) is 12.3. The Balaban J connectivity index is 1.61. The van der Waals surface area contributed by atoms with Crippen molar-refractivity contribution in [1.82, 2.24) is 4.90 Å². The van der Waals surface area contributed by atoms with Crippen molar-refractivity contribution in [2.45, 2.75) is 18.9 Å². The molecule has 1 amide bonds. The molecule has 1 aromatic carbocycles. The van der Waals surface area contributed by atoms with E-state index in [-0.39, 0.29) is 12.0 Å². The van der Waals surface area contributed by atoms with Gasteiger partial charge in [-0.2, -0.15) is 0 Å². The average molecular weight is 335 g/mol. The number of hydrogen-bond donors (Lipinski definition) is 0. The van der Waals surface area contributed by atoms with E-state index in [1.54, 1.807) is 7.05 Å². The summed E-state index contributed by atoms with van der Waals surface area (Å²) in [7, 11) is 1.69. The summed E-state index contributed by atoms with van der Waals surface area (Å²) in [5, 5.41) is 0. The normalized spacial score (nSPS) is 23.6. The van der Waals surface area contributed by atoms with Crippen LogP contribution in [-0.4, -0.2) is 41.5 Å². The van der Waals surface area contributed by atoms with Gasteiger partial charge in [-0.05, 0) is 36.6 Å². The van der Waals surface area contributed by atoms with Crippen LogP contribution in [0.1, 0.15) is 18.4 Å². The molecule has 2 aliphatic heterocycles. The van der Waals surface area contributed by atoms with Gasteiger partial charge in [0.05, 0.1) is 11.0 Å². The topological polar surface area (TPSA) is 38.8 Å². The van der Waals surface area contributed by atoms with E-state index in [9.17, 15) is 4.79 Å². The lowest BCUT2D eigenvalue weighted by molar-refractivity contribution is -0.121. The van der Waals surface area contributed by atoms with Crippen LogP contribution in [0.25, 0.3) is 6.08 Å². The van der Waals surface area contributed by atoms with Crippen LogP contribution in [0.15, 0.2) is 29.2 Å². The van der Waals surface area contributed by atoms with Gasteiger partial charge < -0.3 is 9.47 Å². The molecule has 0 bridgehead atoms. The molecule has 0 aliphatic carbocycles. The maximum atomic E-state index is 11.9. The molecule has 116 valence electrons. The molecule has 1 atom stereocenters. The third-order valence-corrected chi connectivity index (χ3v) is 5.11. The zero-order chi connectivity index (χ0) is 15.5. The predicted octanol–water partition coefficient (Wildman–Crippen LogP) is 3.08. The number of thiocarbonyl (C=S) groups is 1. The second-order valence-corrected chi connectivity index (χ2v) is 6.93. The van der Waals surface area contributed by atoms with Crippen LogP contribution >= 0.6 is 24.0 Å². The predicted molar refractivity (Wildman–Crippen MR) is 91.8 cm³/mol. The summed E-state index contributed by atoms with van der Waals surface area (Å²) < 4.78 is 11.8. The first-order valence-corrected chi connectivity index (χ1v) is 8.42. The minimum atomic E-state index is -0.0475. The molecule has 0 spiro atoms. The Kier molecular flexibility index (Phi) is 4.81. The fraction of sp³-hybridized carbons (Fsp3) is 0.375. The van der Waals surface area contributed by atoms with Gasteiger partial charge in [0.25, 0.3) is 5.91 Å². The van der Waals surface area contributed by atoms with Crippen molar-refractivity contribution in [3.05, 3.63) is 34.7 Å². The molecule has 0 aromatic heterocycles. The maximum Gasteiger partial charge on any atom is 0.265 e. The van der Waals surface area contributed by atoms with Crippen molar-refractivity contribution < 1.29 is 14.3 Å². The summed E-state index contributed by atoms with van der Waals surface area (Å²) in [5.41, 5.74) is 0.957. The summed E-state index contributed by atoms with van der Waals surface area (Å²) in [6.45, 7) is 1.43. The second kappa shape index (κ2) is 6.81. The van der Waals surface area contributed by atoms with E-state index < -0.39 is 0 Å². The van der Waals surface area contributed by atoms with Gasteiger partial charge in [0.15, 0.2) is 0 Å². The van der Waals surface area contributed by atoms with Gasteiger partial charge in [-0.1, -0.05) is 36.1 Å². The number of ether oxygens (including phenoxy) is 2. The smallest absolute Gasteiger partial charge is 0.265 e. The van der Waals surface area contributed by atoms with E-state index in [2.05, 4.69) is 0 Å². The van der Waals surface area contributed by atoms with Crippen LogP contribution in [0.3, 0.4) is 0 Å². The summed E-state index contributed by atoms with van der Waals surface area (Å²) in [6, 6.07) is 7.70. The van der Waals surface area contributed by atoms with E-state index >= 15 is 0 Å². The molecule has 2 fully saturated rings. The second-order valence-electron chi connectivity index (χ2n) is 5.26. The summed E-state index contributed by atoms with van der Waals surface area (Å²) in [4.78, 5) is 14.1. The SMILES string of the molecule is CN1C(=O)/C(=C\c2ccc(OCC3CCCO3)cc2)SC1=S. The van der Waals surface area contributed by atoms with Crippen molar-refractivity contribution in [3.8, 4) is 5.75 Å². The molecule has 1 unspecified atom stereocenters. The van der Waals surface area contributed by atoms with Crippen molar-refractivity contribution in [1.29, 1.82) is 0 Å². The third kappa shape index (κ3) is 3.51. The number of likely N-dealkylation sites (N-methyl/N-ethyl adjacent to an activating group) is 1. The highest BCUT2D eigenvalue weighted by Gasteiger charge is 2.28. The molecular weight excluding hydrogens is 318 g/mol. The van der Waals surface area contributed by atoms with E-state index in [1.165, 1.54) is 16.7 Å². The molecule has 2 heterocycles. The molecule has 2 aliphatic rings. The Bertz CT molecular complexity index is 606. The highest BCUT2D eigenvalue weighted by molar-refractivity contribution is 8.26. The van der Waals surface area contributed by atoms with E-state index in [0.29, 0.717) is 15.8 Å². The number of amides is 1. The van der Waals surface area contributed by atoms with Gasteiger partial charge in [-0.15, -0.1) is 0 Å². The molecule has 22 heavy (non-hydrogen) atoms. The number of thioether (sulfide) groups is 1. The van der Waals surface area contributed by atoms with Gasteiger partial charge in [-0.25, -0.2) is 0 Å². The van der Waals surface area contributed by atoms with Crippen LogP contribution in [0.4, 0.5) is 0 Å². The van der Waals surface area contributed by atoms with E-state index in [4.69, 9.17) is 21.7 Å². The third-order valence-electron chi connectivity index (χ3n) is 3.62. The van der Waals surface area contributed by atoms with Crippen molar-refractivity contribution >= 4 is 40.3 Å². The fourth-order valence-corrected chi connectivity index (χ4v) is 3.50. The van der Waals surface area contributed by atoms with Crippen LogP contribution < -0.4 is 4.74 Å². The minimum Gasteiger partial charge on any atom is -0.491 e. The van der Waals surface area contributed by atoms with E-state index in [0.717, 1.165) is 30.8 Å². The number of rotatable bonds is 4. The molecule has 0 radical (unpaired) electrons. The standard InChI is InChI=1S/C16H17NO3S2/c1-17-15(18)14(22-16(17)21)9-11-4-6-12(7-5-11)20-10-13-3-2-8-19-13/h4-7,9,13H,2-3,8,10H2,1H3/b14-9+. The molecule has 4 nitrogen and oxygen atoms in total. The first-order valence-electron chi connectivity index (χ1n) is 7.19. The highest BCUT2D eigenvalue weighted by atomic mass is 32.2. The molecule has 3 rings (SSSR count). The quantitative estimate of drug-likeness (QED) is 0.624. The van der Waals surface area contributed by atoms with Crippen LogP contribution in [0.5, 0.6) is 5.75 Å². The summed E-state index contributed by atoms with van der Waals surface area (Å²) in [6.07, 6.45) is 4.25. The average Bonchev–Trinajstić information content (AvgIpc) is 3.12.